The topological polar surface area (TPSA) is 173 Å². The van der Waals surface area contributed by atoms with Crippen molar-refractivity contribution in [2.45, 2.75) is 126 Å². The smallest absolute Gasteiger partial charge is 0.872 e. The van der Waals surface area contributed by atoms with Crippen LogP contribution in [0.5, 0.6) is 34.5 Å². The SMILES string of the molecule is CCCCCCCCCc1cc(O)cc(Oc2ccccc2S(=O)(=O)O)c1.CCCCCCCCCc1cc([O-])cc(Oc2ccccc2S(=O)(=O)[O-])c1.[Ca+2]. The molecule has 0 fully saturated rings. The van der Waals surface area contributed by atoms with Crippen LogP contribution in [-0.4, -0.2) is 68.8 Å². The summed E-state index contributed by atoms with van der Waals surface area (Å²) in [5, 5.41) is 21.9. The number of aromatic hydroxyl groups is 1. The van der Waals surface area contributed by atoms with Gasteiger partial charge in [-0.25, -0.2) is 8.42 Å². The van der Waals surface area contributed by atoms with Gasteiger partial charge in [0, 0.05) is 6.07 Å². The van der Waals surface area contributed by atoms with E-state index >= 15 is 0 Å². The first-order valence-electron chi connectivity index (χ1n) is 18.9. The van der Waals surface area contributed by atoms with Crippen LogP contribution < -0.4 is 14.6 Å². The van der Waals surface area contributed by atoms with Crippen molar-refractivity contribution in [3.8, 4) is 34.5 Å². The van der Waals surface area contributed by atoms with E-state index in [-0.39, 0.29) is 71.4 Å². The molecule has 296 valence electrons. The molecule has 0 aliphatic carbocycles. The minimum absolute atomic E-state index is 0. The molecule has 0 spiro atoms. The normalized spacial score (nSPS) is 11.3. The molecule has 0 aliphatic rings. The van der Waals surface area contributed by atoms with Gasteiger partial charge in [0.15, 0.2) is 0 Å². The molecule has 2 N–H and O–H groups in total. The van der Waals surface area contributed by atoms with Crippen LogP contribution in [0, 0.1) is 0 Å². The van der Waals surface area contributed by atoms with Gasteiger partial charge in [0.05, 0.1) is 4.90 Å². The van der Waals surface area contributed by atoms with Gasteiger partial charge in [0.2, 0.25) is 0 Å². The third-order valence-electron chi connectivity index (χ3n) is 8.73. The third-order valence-corrected chi connectivity index (χ3v) is 10.5. The van der Waals surface area contributed by atoms with E-state index in [1.165, 1.54) is 113 Å². The molecule has 0 saturated carbocycles. The molecule has 0 amide bonds. The van der Waals surface area contributed by atoms with Gasteiger partial charge < -0.3 is 24.2 Å². The van der Waals surface area contributed by atoms with Gasteiger partial charge in [-0.15, -0.1) is 5.75 Å². The minimum atomic E-state index is -4.65. The summed E-state index contributed by atoms with van der Waals surface area (Å²) in [7, 11) is -9.04. The van der Waals surface area contributed by atoms with Crippen molar-refractivity contribution >= 4 is 58.0 Å². The number of benzene rings is 4. The second kappa shape index (κ2) is 25.4. The fourth-order valence-electron chi connectivity index (χ4n) is 6.00. The number of phenols is 1. The number of para-hydroxylation sites is 2. The first kappa shape index (κ1) is 48.3. The van der Waals surface area contributed by atoms with Gasteiger partial charge in [-0.3, -0.25) is 4.55 Å². The van der Waals surface area contributed by atoms with Crippen molar-refractivity contribution < 1.29 is 45.6 Å². The molecule has 0 heterocycles. The van der Waals surface area contributed by atoms with Crippen molar-refractivity contribution in [1.29, 1.82) is 0 Å². The van der Waals surface area contributed by atoms with E-state index < -0.39 is 25.1 Å². The average molecular weight is 823 g/mol. The van der Waals surface area contributed by atoms with Gasteiger partial charge in [-0.2, -0.15) is 8.42 Å². The van der Waals surface area contributed by atoms with Crippen molar-refractivity contribution in [2.75, 3.05) is 0 Å². The Morgan fingerprint density at radius 2 is 0.982 bits per heavy atom. The first-order chi connectivity index (χ1) is 25.8. The molecule has 55 heavy (non-hydrogen) atoms. The molecule has 0 aliphatic heterocycles. The largest absolute Gasteiger partial charge is 2.00 e. The minimum Gasteiger partial charge on any atom is -0.872 e. The van der Waals surface area contributed by atoms with Crippen LogP contribution in [0.3, 0.4) is 0 Å². The molecule has 4 aromatic rings. The van der Waals surface area contributed by atoms with E-state index in [0.29, 0.717) is 5.75 Å². The molecule has 0 atom stereocenters. The number of phenolic OH excluding ortho intramolecular Hbond substituents is 1. The molecular weight excluding hydrogens is 769 g/mol. The van der Waals surface area contributed by atoms with Crippen LogP contribution >= 0.6 is 0 Å². The summed E-state index contributed by atoms with van der Waals surface area (Å²) in [5.41, 5.74) is 1.79. The van der Waals surface area contributed by atoms with Crippen molar-refractivity contribution in [3.05, 3.63) is 96.1 Å². The van der Waals surface area contributed by atoms with Crippen LogP contribution in [0.1, 0.15) is 115 Å². The van der Waals surface area contributed by atoms with Crippen molar-refractivity contribution in [2.24, 2.45) is 0 Å². The summed E-state index contributed by atoms with van der Waals surface area (Å²) in [6.45, 7) is 4.40. The van der Waals surface area contributed by atoms with Gasteiger partial charge in [-0.05, 0) is 85.3 Å². The Hall–Kier alpha value is -2.84. The van der Waals surface area contributed by atoms with Crippen LogP contribution in [0.2, 0.25) is 0 Å². The van der Waals surface area contributed by atoms with Crippen LogP contribution in [0.25, 0.3) is 0 Å². The van der Waals surface area contributed by atoms with Gasteiger partial charge in [0.1, 0.15) is 43.8 Å². The zero-order valence-electron chi connectivity index (χ0n) is 32.1. The summed E-state index contributed by atoms with van der Waals surface area (Å²) >= 11 is 0. The Morgan fingerprint density at radius 1 is 0.564 bits per heavy atom. The molecular formula is C42H54CaO10S2. The van der Waals surface area contributed by atoms with E-state index in [2.05, 4.69) is 13.8 Å². The van der Waals surface area contributed by atoms with E-state index in [9.17, 15) is 36.2 Å². The number of ether oxygens (including phenoxy) is 2. The van der Waals surface area contributed by atoms with E-state index in [1.807, 2.05) is 0 Å². The van der Waals surface area contributed by atoms with E-state index in [1.54, 1.807) is 36.4 Å². The summed E-state index contributed by atoms with van der Waals surface area (Å²) in [6, 6.07) is 21.0. The molecule has 0 aromatic heterocycles. The third kappa shape index (κ3) is 18.8. The molecule has 13 heteroatoms. The van der Waals surface area contributed by atoms with Gasteiger partial charge >= 0.3 is 37.7 Å². The molecule has 0 radical (unpaired) electrons. The Bertz CT molecular complexity index is 1810. The Balaban J connectivity index is 0.000000373. The number of rotatable bonds is 22. The molecule has 0 bridgehead atoms. The summed E-state index contributed by atoms with van der Waals surface area (Å²) in [5.74, 6) is 0.399. The molecule has 0 unspecified atom stereocenters. The fraction of sp³-hybridized carbons (Fsp3) is 0.429. The maximum absolute atomic E-state index is 11.9. The molecule has 4 aromatic carbocycles. The van der Waals surface area contributed by atoms with Crippen molar-refractivity contribution in [3.63, 3.8) is 0 Å². The van der Waals surface area contributed by atoms with Crippen LogP contribution in [0.4, 0.5) is 0 Å². The van der Waals surface area contributed by atoms with Gasteiger partial charge in [0.25, 0.3) is 10.1 Å². The monoisotopic (exact) mass is 822 g/mol. The second-order valence-electron chi connectivity index (χ2n) is 13.4. The van der Waals surface area contributed by atoms with Crippen LogP contribution in [0.15, 0.2) is 94.7 Å². The Morgan fingerprint density at radius 3 is 1.47 bits per heavy atom. The second-order valence-corrected chi connectivity index (χ2v) is 16.2. The summed E-state index contributed by atoms with van der Waals surface area (Å²) in [6.07, 6.45) is 18.3. The maximum atomic E-state index is 11.9. The summed E-state index contributed by atoms with van der Waals surface area (Å²) < 4.78 is 77.5. The first-order valence-corrected chi connectivity index (χ1v) is 21.8. The maximum Gasteiger partial charge on any atom is 2.00 e. The van der Waals surface area contributed by atoms with E-state index in [0.717, 1.165) is 49.7 Å². The van der Waals surface area contributed by atoms with Crippen LogP contribution in [-0.2, 0) is 33.1 Å². The molecule has 0 saturated heterocycles. The fourth-order valence-corrected chi connectivity index (χ4v) is 7.21. The number of hydrogen-bond acceptors (Lipinski definition) is 9. The Labute approximate surface area is 357 Å². The molecule has 4 rings (SSSR count). The number of hydrogen-bond donors (Lipinski definition) is 2. The van der Waals surface area contributed by atoms with Crippen molar-refractivity contribution in [1.82, 2.24) is 0 Å². The predicted octanol–water partition coefficient (Wildman–Crippen LogP) is 10.1. The number of unbranched alkanes of at least 4 members (excludes halogenated alkanes) is 12. The average Bonchev–Trinajstić information content (AvgIpc) is 3.10. The number of aryl methyl sites for hydroxylation is 2. The Kier molecular flexibility index (Phi) is 22.3. The molecule has 10 nitrogen and oxygen atoms in total. The summed E-state index contributed by atoms with van der Waals surface area (Å²) in [4.78, 5) is -0.739. The van der Waals surface area contributed by atoms with Gasteiger partial charge in [-0.1, -0.05) is 121 Å². The zero-order valence-corrected chi connectivity index (χ0v) is 35.9. The standard InChI is InChI=1S/2C21H28O5S.Ca/c2*1-2-3-4-5-6-7-8-11-17-14-18(22)16-19(15-17)26-20-12-9-10-13-21(20)27(23,24)25;/h2*9-10,12-16,22H,2-8,11H2,1H3,(H,23,24,25);/q;;+2/p-2. The predicted molar refractivity (Wildman–Crippen MR) is 214 cm³/mol. The zero-order chi connectivity index (χ0) is 39.4. The quantitative estimate of drug-likeness (QED) is 0.0441. The van der Waals surface area contributed by atoms with E-state index in [4.69, 9.17) is 9.47 Å².